The molecule has 0 fully saturated rings. The first-order valence-electron chi connectivity index (χ1n) is 7.08. The highest BCUT2D eigenvalue weighted by atomic mass is 32.1. The van der Waals surface area contributed by atoms with Crippen molar-refractivity contribution in [1.82, 2.24) is 9.38 Å². The van der Waals surface area contributed by atoms with Crippen LogP contribution in [0.4, 0.5) is 5.69 Å². The number of nitro benzene ring substituents is 1. The van der Waals surface area contributed by atoms with Crippen molar-refractivity contribution in [3.8, 4) is 0 Å². The van der Waals surface area contributed by atoms with E-state index < -0.39 is 10.9 Å². The van der Waals surface area contributed by atoms with Gasteiger partial charge in [0.05, 0.1) is 16.2 Å². The molecule has 8 nitrogen and oxygen atoms in total. The number of carbonyl (C=O) groups is 1. The van der Waals surface area contributed by atoms with Crippen molar-refractivity contribution in [2.24, 2.45) is 0 Å². The summed E-state index contributed by atoms with van der Waals surface area (Å²) in [5.74, 6) is -0.689. The molecule has 9 heteroatoms. The predicted octanol–water partition coefficient (Wildman–Crippen LogP) is 2.42. The fraction of sp³-hybridized carbons (Fsp3) is 0.0625. The minimum atomic E-state index is -0.689. The molecule has 0 unspecified atom stereocenters. The Labute approximate surface area is 144 Å². The number of ether oxygens (including phenoxy) is 1. The smallest absolute Gasteiger partial charge is 0.331 e. The topological polar surface area (TPSA) is 104 Å². The SMILES string of the molecule is O=C(C=Cc1ccccc1[N+](=O)[O-])OCc1cc(=O)n2ccsc2n1. The second-order valence-electron chi connectivity index (χ2n) is 4.90. The molecule has 3 rings (SSSR count). The van der Waals surface area contributed by atoms with Gasteiger partial charge in [0.15, 0.2) is 4.96 Å². The number of benzene rings is 1. The predicted molar refractivity (Wildman–Crippen MR) is 91.3 cm³/mol. The van der Waals surface area contributed by atoms with Crippen LogP contribution in [0.15, 0.2) is 52.8 Å². The molecule has 25 heavy (non-hydrogen) atoms. The number of fused-ring (bicyclic) bond motifs is 1. The van der Waals surface area contributed by atoms with Crippen LogP contribution < -0.4 is 5.56 Å². The van der Waals surface area contributed by atoms with Gasteiger partial charge in [0.2, 0.25) is 0 Å². The summed E-state index contributed by atoms with van der Waals surface area (Å²) in [6.45, 7) is -0.163. The largest absolute Gasteiger partial charge is 0.456 e. The average molecular weight is 357 g/mol. The lowest BCUT2D eigenvalue weighted by atomic mass is 10.1. The Balaban J connectivity index is 1.68. The number of rotatable bonds is 5. The number of aromatic nitrogens is 2. The molecule has 0 spiro atoms. The summed E-state index contributed by atoms with van der Waals surface area (Å²) in [5.41, 5.74) is 0.262. The maximum atomic E-state index is 11.8. The van der Waals surface area contributed by atoms with Gasteiger partial charge < -0.3 is 4.74 Å². The Morgan fingerprint density at radius 3 is 3.00 bits per heavy atom. The van der Waals surface area contributed by atoms with Crippen molar-refractivity contribution >= 4 is 34.0 Å². The van der Waals surface area contributed by atoms with Crippen molar-refractivity contribution in [2.75, 3.05) is 0 Å². The van der Waals surface area contributed by atoms with E-state index in [1.165, 1.54) is 40.0 Å². The molecule has 0 atom stereocenters. The molecule has 2 heterocycles. The summed E-state index contributed by atoms with van der Waals surface area (Å²) < 4.78 is 6.42. The highest BCUT2D eigenvalue weighted by molar-refractivity contribution is 7.15. The van der Waals surface area contributed by atoms with E-state index in [0.717, 1.165) is 6.08 Å². The Bertz CT molecular complexity index is 1040. The Morgan fingerprint density at radius 2 is 2.20 bits per heavy atom. The molecule has 0 aliphatic carbocycles. The highest BCUT2D eigenvalue weighted by Crippen LogP contribution is 2.19. The summed E-state index contributed by atoms with van der Waals surface area (Å²) >= 11 is 1.30. The lowest BCUT2D eigenvalue weighted by molar-refractivity contribution is -0.385. The second kappa shape index (κ2) is 7.05. The van der Waals surface area contributed by atoms with E-state index in [2.05, 4.69) is 4.98 Å². The number of nitro groups is 1. The second-order valence-corrected chi connectivity index (χ2v) is 5.77. The van der Waals surface area contributed by atoms with Gasteiger partial charge in [-0.05, 0) is 12.1 Å². The van der Waals surface area contributed by atoms with Crippen LogP contribution in [0.5, 0.6) is 0 Å². The number of esters is 1. The van der Waals surface area contributed by atoms with Gasteiger partial charge in [0, 0.05) is 29.8 Å². The third kappa shape index (κ3) is 3.78. The monoisotopic (exact) mass is 357 g/mol. The van der Waals surface area contributed by atoms with Gasteiger partial charge in [-0.1, -0.05) is 12.1 Å². The lowest BCUT2D eigenvalue weighted by Gasteiger charge is -2.02. The van der Waals surface area contributed by atoms with Gasteiger partial charge in [-0.2, -0.15) is 0 Å². The van der Waals surface area contributed by atoms with Gasteiger partial charge in [0.25, 0.3) is 11.2 Å². The number of nitrogens with zero attached hydrogens (tertiary/aromatic N) is 3. The maximum Gasteiger partial charge on any atom is 0.331 e. The first kappa shape index (κ1) is 16.5. The van der Waals surface area contributed by atoms with Crippen LogP contribution in [0.25, 0.3) is 11.0 Å². The molecule has 0 aliphatic rings. The molecular weight excluding hydrogens is 346 g/mol. The van der Waals surface area contributed by atoms with E-state index in [-0.39, 0.29) is 17.9 Å². The molecule has 3 aromatic rings. The van der Waals surface area contributed by atoms with Crippen LogP contribution in [0, 0.1) is 10.1 Å². The summed E-state index contributed by atoms with van der Waals surface area (Å²) in [6.07, 6.45) is 4.02. The Hall–Kier alpha value is -3.33. The number of hydrogen-bond acceptors (Lipinski definition) is 7. The van der Waals surface area contributed by atoms with Crippen LogP contribution in [0.3, 0.4) is 0 Å². The van der Waals surface area contributed by atoms with Crippen LogP contribution in [0.1, 0.15) is 11.3 Å². The third-order valence-electron chi connectivity index (χ3n) is 3.25. The fourth-order valence-corrected chi connectivity index (χ4v) is 2.85. The van der Waals surface area contributed by atoms with Gasteiger partial charge in [-0.25, -0.2) is 9.78 Å². The Kier molecular flexibility index (Phi) is 4.66. The summed E-state index contributed by atoms with van der Waals surface area (Å²) in [5, 5.41) is 12.6. The van der Waals surface area contributed by atoms with E-state index in [9.17, 15) is 19.7 Å². The quantitative estimate of drug-likeness (QED) is 0.301. The number of para-hydroxylation sites is 1. The Morgan fingerprint density at radius 1 is 1.40 bits per heavy atom. The molecule has 0 aliphatic heterocycles. The zero-order valence-electron chi connectivity index (χ0n) is 12.7. The minimum Gasteiger partial charge on any atom is -0.456 e. The highest BCUT2D eigenvalue weighted by Gasteiger charge is 2.10. The van der Waals surface area contributed by atoms with Crippen molar-refractivity contribution in [3.05, 3.63) is 79.7 Å². The van der Waals surface area contributed by atoms with Crippen molar-refractivity contribution in [3.63, 3.8) is 0 Å². The van der Waals surface area contributed by atoms with E-state index in [1.54, 1.807) is 23.7 Å². The molecule has 0 N–H and O–H groups in total. The van der Waals surface area contributed by atoms with Crippen molar-refractivity contribution < 1.29 is 14.5 Å². The van der Waals surface area contributed by atoms with E-state index in [1.807, 2.05) is 0 Å². The van der Waals surface area contributed by atoms with Crippen LogP contribution in [0.2, 0.25) is 0 Å². The molecule has 126 valence electrons. The van der Waals surface area contributed by atoms with E-state index in [0.29, 0.717) is 16.2 Å². The van der Waals surface area contributed by atoms with Gasteiger partial charge >= 0.3 is 5.97 Å². The van der Waals surface area contributed by atoms with Gasteiger partial charge in [-0.3, -0.25) is 19.3 Å². The lowest BCUT2D eigenvalue weighted by Crippen LogP contribution is -2.14. The summed E-state index contributed by atoms with van der Waals surface area (Å²) in [7, 11) is 0. The zero-order chi connectivity index (χ0) is 17.8. The first-order chi connectivity index (χ1) is 12.0. The van der Waals surface area contributed by atoms with Gasteiger partial charge in [0.1, 0.15) is 6.61 Å². The molecule has 0 saturated heterocycles. The average Bonchev–Trinajstić information content (AvgIpc) is 3.07. The fourth-order valence-electron chi connectivity index (χ4n) is 2.11. The number of carbonyl (C=O) groups excluding carboxylic acids is 1. The standard InChI is InChI=1S/C16H11N3O5S/c20-14-9-12(17-16-18(14)7-8-25-16)10-24-15(21)6-5-11-3-1-2-4-13(11)19(22)23/h1-9H,10H2. The zero-order valence-corrected chi connectivity index (χ0v) is 13.5. The van der Waals surface area contributed by atoms with Gasteiger partial charge in [-0.15, -0.1) is 11.3 Å². The van der Waals surface area contributed by atoms with Crippen LogP contribution in [-0.4, -0.2) is 20.3 Å². The first-order valence-corrected chi connectivity index (χ1v) is 7.96. The summed E-state index contributed by atoms with van der Waals surface area (Å²) in [4.78, 5) is 38.7. The molecular formula is C16H11N3O5S. The van der Waals surface area contributed by atoms with E-state index >= 15 is 0 Å². The van der Waals surface area contributed by atoms with E-state index in [4.69, 9.17) is 4.74 Å². The molecule has 2 aromatic heterocycles. The molecule has 0 amide bonds. The summed E-state index contributed by atoms with van der Waals surface area (Å²) in [6, 6.07) is 7.33. The molecule has 0 saturated carbocycles. The van der Waals surface area contributed by atoms with Crippen molar-refractivity contribution in [1.29, 1.82) is 0 Å². The maximum absolute atomic E-state index is 11.8. The number of thiazole rings is 1. The minimum absolute atomic E-state index is 0.107. The van der Waals surface area contributed by atoms with Crippen molar-refractivity contribution in [2.45, 2.75) is 6.61 Å². The normalized spacial score (nSPS) is 11.0. The molecule has 0 radical (unpaired) electrons. The third-order valence-corrected chi connectivity index (χ3v) is 4.01. The van der Waals surface area contributed by atoms with Crippen LogP contribution >= 0.6 is 11.3 Å². The number of hydrogen-bond donors (Lipinski definition) is 0. The molecule has 1 aromatic carbocycles. The molecule has 0 bridgehead atoms. The van der Waals surface area contributed by atoms with Crippen LogP contribution in [-0.2, 0) is 16.1 Å².